The van der Waals surface area contributed by atoms with Crippen molar-refractivity contribution in [2.24, 2.45) is 5.92 Å². The van der Waals surface area contributed by atoms with E-state index in [4.69, 9.17) is 4.74 Å². The molecular weight excluding hydrogens is 315 g/mol. The van der Waals surface area contributed by atoms with Crippen LogP contribution in [0.2, 0.25) is 0 Å². The second-order valence-corrected chi connectivity index (χ2v) is 5.91. The highest BCUT2D eigenvalue weighted by molar-refractivity contribution is 5.96. The molecule has 1 aliphatic heterocycles. The molecule has 24 heavy (non-hydrogen) atoms. The molecule has 1 aromatic rings. The Morgan fingerprint density at radius 3 is 2.79 bits per heavy atom. The van der Waals surface area contributed by atoms with Gasteiger partial charge in [-0.2, -0.15) is 0 Å². The maximum Gasteiger partial charge on any atom is 0.325 e. The number of esters is 1. The predicted molar refractivity (Wildman–Crippen MR) is 84.7 cm³/mol. The summed E-state index contributed by atoms with van der Waals surface area (Å²) in [6.07, 6.45) is 2.03. The van der Waals surface area contributed by atoms with E-state index in [1.54, 1.807) is 4.90 Å². The maximum atomic E-state index is 13.4. The van der Waals surface area contributed by atoms with Crippen molar-refractivity contribution in [3.8, 4) is 0 Å². The van der Waals surface area contributed by atoms with E-state index in [0.717, 1.165) is 18.9 Å². The van der Waals surface area contributed by atoms with Gasteiger partial charge >= 0.3 is 5.97 Å². The monoisotopic (exact) mass is 336 g/mol. The Balaban J connectivity index is 1.72. The van der Waals surface area contributed by atoms with Gasteiger partial charge in [-0.3, -0.25) is 14.4 Å². The van der Waals surface area contributed by atoms with Crippen molar-refractivity contribution in [1.82, 2.24) is 10.2 Å². The fourth-order valence-electron chi connectivity index (χ4n) is 2.59. The summed E-state index contributed by atoms with van der Waals surface area (Å²) < 4.78 is 18.3. The number of carbonyl (C=O) groups excluding carboxylic acids is 3. The second kappa shape index (κ2) is 8.42. The number of ether oxygens (including phenoxy) is 1. The minimum absolute atomic E-state index is 0.149. The van der Waals surface area contributed by atoms with Crippen molar-refractivity contribution in [2.45, 2.75) is 19.8 Å². The zero-order chi connectivity index (χ0) is 17.5. The van der Waals surface area contributed by atoms with Gasteiger partial charge in [0.25, 0.3) is 11.8 Å². The number of carbonyl (C=O) groups is 3. The van der Waals surface area contributed by atoms with E-state index in [0.29, 0.717) is 19.0 Å². The van der Waals surface area contributed by atoms with Crippen LogP contribution in [-0.4, -0.2) is 48.9 Å². The average Bonchev–Trinajstić information content (AvgIpc) is 2.58. The molecule has 1 atom stereocenters. The van der Waals surface area contributed by atoms with Gasteiger partial charge in [-0.25, -0.2) is 4.39 Å². The Kier molecular flexibility index (Phi) is 6.28. The van der Waals surface area contributed by atoms with Crippen LogP contribution in [0.15, 0.2) is 24.3 Å². The van der Waals surface area contributed by atoms with E-state index < -0.39 is 24.2 Å². The van der Waals surface area contributed by atoms with Crippen LogP contribution in [0.25, 0.3) is 0 Å². The highest BCUT2D eigenvalue weighted by Crippen LogP contribution is 2.15. The second-order valence-electron chi connectivity index (χ2n) is 5.91. The first kappa shape index (κ1) is 17.9. The normalized spacial score (nSPS) is 17.2. The van der Waals surface area contributed by atoms with Crippen LogP contribution in [0.5, 0.6) is 0 Å². The maximum absolute atomic E-state index is 13.4. The van der Waals surface area contributed by atoms with Gasteiger partial charge in [-0.05, 0) is 30.9 Å². The molecule has 1 fully saturated rings. The molecule has 0 bridgehead atoms. The summed E-state index contributed by atoms with van der Waals surface area (Å²) >= 11 is 0. The SMILES string of the molecule is C[C@H]1CCCN(C(=O)COC(=O)CNC(=O)c2ccccc2F)C1. The molecule has 1 heterocycles. The molecule has 0 unspecified atom stereocenters. The van der Waals surface area contributed by atoms with Crippen molar-refractivity contribution < 1.29 is 23.5 Å². The van der Waals surface area contributed by atoms with E-state index in [9.17, 15) is 18.8 Å². The lowest BCUT2D eigenvalue weighted by molar-refractivity contribution is -0.151. The number of amides is 2. The minimum Gasteiger partial charge on any atom is -0.454 e. The number of likely N-dealkylation sites (tertiary alicyclic amines) is 1. The molecule has 0 radical (unpaired) electrons. The molecule has 6 nitrogen and oxygen atoms in total. The summed E-state index contributed by atoms with van der Waals surface area (Å²) in [5.41, 5.74) is -0.149. The Morgan fingerprint density at radius 1 is 1.33 bits per heavy atom. The van der Waals surface area contributed by atoms with Crippen LogP contribution in [0.3, 0.4) is 0 Å². The molecule has 1 aromatic carbocycles. The third kappa shape index (κ3) is 5.04. The molecular formula is C17H21FN2O4. The molecule has 1 aliphatic rings. The molecule has 0 saturated carbocycles. The molecule has 0 aliphatic carbocycles. The number of hydrogen-bond acceptors (Lipinski definition) is 4. The van der Waals surface area contributed by atoms with E-state index in [1.165, 1.54) is 18.2 Å². The van der Waals surface area contributed by atoms with E-state index >= 15 is 0 Å². The number of rotatable bonds is 5. The predicted octanol–water partition coefficient (Wildman–Crippen LogP) is 1.36. The summed E-state index contributed by atoms with van der Waals surface area (Å²) in [5, 5.41) is 2.27. The highest BCUT2D eigenvalue weighted by Gasteiger charge is 2.22. The van der Waals surface area contributed by atoms with Gasteiger partial charge in [0.15, 0.2) is 6.61 Å². The fourth-order valence-corrected chi connectivity index (χ4v) is 2.59. The van der Waals surface area contributed by atoms with Crippen molar-refractivity contribution >= 4 is 17.8 Å². The fraction of sp³-hybridized carbons (Fsp3) is 0.471. The average molecular weight is 336 g/mol. The molecule has 1 N–H and O–H groups in total. The van der Waals surface area contributed by atoms with E-state index in [1.807, 2.05) is 0 Å². The van der Waals surface area contributed by atoms with E-state index in [-0.39, 0.29) is 18.1 Å². The minimum atomic E-state index is -0.738. The van der Waals surface area contributed by atoms with Gasteiger partial charge in [-0.1, -0.05) is 19.1 Å². The smallest absolute Gasteiger partial charge is 0.325 e. The summed E-state index contributed by atoms with van der Waals surface area (Å²) in [5.74, 6) is -1.91. The van der Waals surface area contributed by atoms with Gasteiger partial charge in [0, 0.05) is 13.1 Å². The first-order valence-corrected chi connectivity index (χ1v) is 7.93. The number of nitrogens with one attached hydrogen (secondary N) is 1. The van der Waals surface area contributed by atoms with Gasteiger partial charge in [0.1, 0.15) is 12.4 Å². The molecule has 0 spiro atoms. The molecule has 2 amide bonds. The first-order chi connectivity index (χ1) is 11.5. The zero-order valence-electron chi connectivity index (χ0n) is 13.6. The lowest BCUT2D eigenvalue weighted by atomic mass is 10.0. The van der Waals surface area contributed by atoms with Crippen molar-refractivity contribution in [3.63, 3.8) is 0 Å². The third-order valence-corrected chi connectivity index (χ3v) is 3.88. The quantitative estimate of drug-likeness (QED) is 0.824. The third-order valence-electron chi connectivity index (χ3n) is 3.88. The van der Waals surface area contributed by atoms with Gasteiger partial charge < -0.3 is 15.0 Å². The van der Waals surface area contributed by atoms with Crippen LogP contribution < -0.4 is 5.32 Å². The Hall–Kier alpha value is -2.44. The van der Waals surface area contributed by atoms with E-state index in [2.05, 4.69) is 12.2 Å². The highest BCUT2D eigenvalue weighted by atomic mass is 19.1. The Bertz CT molecular complexity index is 620. The number of halogens is 1. The summed E-state index contributed by atoms with van der Waals surface area (Å²) in [6, 6.07) is 5.46. The van der Waals surface area contributed by atoms with Crippen LogP contribution in [0.4, 0.5) is 4.39 Å². The summed E-state index contributed by atoms with van der Waals surface area (Å²) in [7, 11) is 0. The number of piperidine rings is 1. The van der Waals surface area contributed by atoms with Gasteiger partial charge in [-0.15, -0.1) is 0 Å². The van der Waals surface area contributed by atoms with Crippen LogP contribution in [0.1, 0.15) is 30.1 Å². The van der Waals surface area contributed by atoms with Crippen LogP contribution >= 0.6 is 0 Å². The van der Waals surface area contributed by atoms with Crippen molar-refractivity contribution in [2.75, 3.05) is 26.2 Å². The topological polar surface area (TPSA) is 75.7 Å². The first-order valence-electron chi connectivity index (χ1n) is 7.93. The van der Waals surface area contributed by atoms with Gasteiger partial charge in [0.2, 0.25) is 0 Å². The molecule has 2 rings (SSSR count). The van der Waals surface area contributed by atoms with Crippen molar-refractivity contribution in [3.05, 3.63) is 35.6 Å². The van der Waals surface area contributed by atoms with Crippen LogP contribution in [0, 0.1) is 11.7 Å². The van der Waals surface area contributed by atoms with Crippen LogP contribution in [-0.2, 0) is 14.3 Å². The standard InChI is InChI=1S/C17H21FN2O4/c1-12-5-4-8-20(10-12)15(21)11-24-16(22)9-19-17(23)13-6-2-3-7-14(13)18/h2-3,6-7,12H,4-5,8-11H2,1H3,(H,19,23)/t12-/m0/s1. The zero-order valence-corrected chi connectivity index (χ0v) is 13.6. The molecule has 7 heteroatoms. The Morgan fingerprint density at radius 2 is 2.08 bits per heavy atom. The number of benzene rings is 1. The molecule has 0 aromatic heterocycles. The number of nitrogens with zero attached hydrogens (tertiary/aromatic N) is 1. The lowest BCUT2D eigenvalue weighted by Gasteiger charge is -2.30. The Labute approximate surface area is 140 Å². The largest absolute Gasteiger partial charge is 0.454 e. The summed E-state index contributed by atoms with van der Waals surface area (Å²) in [6.45, 7) is 2.65. The molecule has 1 saturated heterocycles. The summed E-state index contributed by atoms with van der Waals surface area (Å²) in [4.78, 5) is 37.0. The van der Waals surface area contributed by atoms with Crippen molar-refractivity contribution in [1.29, 1.82) is 0 Å². The number of hydrogen-bond donors (Lipinski definition) is 1. The van der Waals surface area contributed by atoms with Gasteiger partial charge in [0.05, 0.1) is 5.56 Å². The molecule has 130 valence electrons. The lowest BCUT2D eigenvalue weighted by Crippen LogP contribution is -2.42.